The summed E-state index contributed by atoms with van der Waals surface area (Å²) in [5.41, 5.74) is 3.51. The number of rotatable bonds is 4. The van der Waals surface area contributed by atoms with Crippen LogP contribution in [-0.2, 0) is 13.0 Å². The Labute approximate surface area is 155 Å². The fourth-order valence-corrected chi connectivity index (χ4v) is 3.19. The number of hydrogen-bond donors (Lipinski definition) is 3. The lowest BCUT2D eigenvalue weighted by molar-refractivity contribution is 0.236. The van der Waals surface area contributed by atoms with Crippen molar-refractivity contribution in [2.45, 2.75) is 25.4 Å². The van der Waals surface area contributed by atoms with Gasteiger partial charge in [0, 0.05) is 6.20 Å². The third-order valence-corrected chi connectivity index (χ3v) is 4.50. The Balaban J connectivity index is 1.34. The lowest BCUT2D eigenvalue weighted by atomic mass is 10.1. The highest BCUT2D eigenvalue weighted by atomic mass is 16.2. The summed E-state index contributed by atoms with van der Waals surface area (Å²) in [6, 6.07) is 12.9. The zero-order chi connectivity index (χ0) is 18.6. The molecule has 0 saturated carbocycles. The number of aryl methyl sites for hydroxylation is 1. The normalized spacial score (nSPS) is 15.0. The quantitative estimate of drug-likeness (QED) is 0.660. The lowest BCUT2D eigenvalue weighted by Gasteiger charge is -2.14. The van der Waals surface area contributed by atoms with Crippen molar-refractivity contribution in [2.24, 2.45) is 0 Å². The van der Waals surface area contributed by atoms with Crippen LogP contribution >= 0.6 is 0 Å². The summed E-state index contributed by atoms with van der Waals surface area (Å²) >= 11 is 0. The average molecular weight is 359 g/mol. The number of carbonyl (C=O) groups is 1. The number of H-pyrrole nitrogens is 1. The average Bonchev–Trinajstić information content (AvgIpc) is 3.34. The number of nitrogens with zero attached hydrogens (tertiary/aromatic N) is 4. The van der Waals surface area contributed by atoms with E-state index in [1.165, 1.54) is 0 Å². The molecule has 1 aromatic carbocycles. The number of nitriles is 1. The molecule has 27 heavy (non-hydrogen) atoms. The molecule has 0 spiro atoms. The van der Waals surface area contributed by atoms with Crippen molar-refractivity contribution in [3.8, 4) is 17.6 Å². The van der Waals surface area contributed by atoms with Crippen LogP contribution in [0.3, 0.4) is 0 Å². The van der Waals surface area contributed by atoms with E-state index in [1.54, 1.807) is 12.3 Å². The Kier molecular flexibility index (Phi) is 4.49. The number of carbonyl (C=O) groups excluding carboxylic acids is 1. The molecule has 134 valence electrons. The largest absolute Gasteiger partial charge is 0.331 e. The molecule has 0 aliphatic heterocycles. The molecule has 0 radical (unpaired) electrons. The molecule has 1 unspecified atom stereocenters. The molecule has 0 saturated heterocycles. The summed E-state index contributed by atoms with van der Waals surface area (Å²) in [6.45, 7) is 0.235. The third kappa shape index (κ3) is 3.62. The van der Waals surface area contributed by atoms with Crippen LogP contribution in [0.25, 0.3) is 11.5 Å². The van der Waals surface area contributed by atoms with Crippen LogP contribution in [-0.4, -0.2) is 26.2 Å². The van der Waals surface area contributed by atoms with Crippen LogP contribution in [0.4, 0.5) is 4.79 Å². The summed E-state index contributed by atoms with van der Waals surface area (Å²) in [5, 5.41) is 21.7. The first-order valence-electron chi connectivity index (χ1n) is 8.63. The fourth-order valence-electron chi connectivity index (χ4n) is 3.19. The maximum atomic E-state index is 12.2. The van der Waals surface area contributed by atoms with Gasteiger partial charge in [-0.25, -0.2) is 9.78 Å². The number of nitrogens with one attached hydrogen (secondary N) is 3. The maximum Gasteiger partial charge on any atom is 0.315 e. The van der Waals surface area contributed by atoms with Gasteiger partial charge in [0.05, 0.1) is 24.2 Å². The van der Waals surface area contributed by atoms with Crippen molar-refractivity contribution in [1.82, 2.24) is 30.8 Å². The Bertz CT molecular complexity index is 1010. The second-order valence-corrected chi connectivity index (χ2v) is 6.26. The van der Waals surface area contributed by atoms with Gasteiger partial charge in [-0.1, -0.05) is 12.1 Å². The fraction of sp³-hybridized carbons (Fsp3) is 0.211. The van der Waals surface area contributed by atoms with Gasteiger partial charge in [-0.2, -0.15) is 10.4 Å². The zero-order valence-electron chi connectivity index (χ0n) is 14.4. The summed E-state index contributed by atoms with van der Waals surface area (Å²) < 4.78 is 0. The van der Waals surface area contributed by atoms with Gasteiger partial charge in [-0.15, -0.1) is 0 Å². The molecule has 2 aromatic heterocycles. The molecule has 3 aromatic rings. The highest BCUT2D eigenvalue weighted by Crippen LogP contribution is 2.31. The first-order chi connectivity index (χ1) is 13.2. The number of aromatic amines is 1. The van der Waals surface area contributed by atoms with Crippen molar-refractivity contribution < 1.29 is 4.79 Å². The zero-order valence-corrected chi connectivity index (χ0v) is 14.4. The summed E-state index contributed by atoms with van der Waals surface area (Å²) in [7, 11) is 0. The van der Waals surface area contributed by atoms with E-state index in [0.29, 0.717) is 22.9 Å². The van der Waals surface area contributed by atoms with E-state index in [9.17, 15) is 4.79 Å². The van der Waals surface area contributed by atoms with Crippen LogP contribution in [0.2, 0.25) is 0 Å². The van der Waals surface area contributed by atoms with E-state index < -0.39 is 0 Å². The standard InChI is InChI=1S/C19H17N7O/c20-10-12-4-6-14-13(9-12)5-7-15(14)23-19(27)22-11-17-24-18(26-25-17)16-3-1-2-8-21-16/h1-4,6,8-9,15H,5,7,11H2,(H2,22,23,27)(H,24,25,26). The number of pyridine rings is 1. The molecule has 1 aliphatic carbocycles. The van der Waals surface area contributed by atoms with E-state index in [0.717, 1.165) is 24.0 Å². The number of amides is 2. The van der Waals surface area contributed by atoms with Gasteiger partial charge in [0.25, 0.3) is 0 Å². The van der Waals surface area contributed by atoms with Crippen LogP contribution in [0.1, 0.15) is 35.0 Å². The third-order valence-electron chi connectivity index (χ3n) is 4.50. The molecule has 1 atom stereocenters. The number of benzene rings is 1. The highest BCUT2D eigenvalue weighted by Gasteiger charge is 2.24. The van der Waals surface area contributed by atoms with Crippen LogP contribution in [0.5, 0.6) is 0 Å². The van der Waals surface area contributed by atoms with Crippen molar-refractivity contribution in [3.05, 3.63) is 65.1 Å². The molecule has 0 fully saturated rings. The van der Waals surface area contributed by atoms with Gasteiger partial charge >= 0.3 is 6.03 Å². The molecule has 8 nitrogen and oxygen atoms in total. The van der Waals surface area contributed by atoms with Crippen molar-refractivity contribution in [3.63, 3.8) is 0 Å². The molecule has 2 amide bonds. The molecule has 3 N–H and O–H groups in total. The number of aromatic nitrogens is 4. The van der Waals surface area contributed by atoms with Gasteiger partial charge in [0.2, 0.25) is 0 Å². The summed E-state index contributed by atoms with van der Waals surface area (Å²) in [5.74, 6) is 1.04. The van der Waals surface area contributed by atoms with Gasteiger partial charge in [0.1, 0.15) is 11.5 Å². The smallest absolute Gasteiger partial charge is 0.315 e. The Hall–Kier alpha value is -3.73. The molecule has 0 bridgehead atoms. The molecular weight excluding hydrogens is 342 g/mol. The van der Waals surface area contributed by atoms with Crippen LogP contribution in [0.15, 0.2) is 42.6 Å². The Morgan fingerprint density at radius 3 is 3.07 bits per heavy atom. The molecule has 4 rings (SSSR count). The SMILES string of the molecule is N#Cc1ccc2c(c1)CCC2NC(=O)NCc1nc(-c2ccccn2)n[nH]1. The summed E-state index contributed by atoms with van der Waals surface area (Å²) in [4.78, 5) is 20.8. The van der Waals surface area contributed by atoms with E-state index in [-0.39, 0.29) is 18.6 Å². The second kappa shape index (κ2) is 7.25. The predicted octanol–water partition coefficient (Wildman–Crippen LogP) is 2.23. The minimum absolute atomic E-state index is 0.0495. The minimum atomic E-state index is -0.270. The van der Waals surface area contributed by atoms with Crippen molar-refractivity contribution in [2.75, 3.05) is 0 Å². The summed E-state index contributed by atoms with van der Waals surface area (Å²) in [6.07, 6.45) is 3.35. The second-order valence-electron chi connectivity index (χ2n) is 6.26. The number of fused-ring (bicyclic) bond motifs is 1. The van der Waals surface area contributed by atoms with Gasteiger partial charge in [-0.3, -0.25) is 10.1 Å². The van der Waals surface area contributed by atoms with Crippen molar-refractivity contribution in [1.29, 1.82) is 5.26 Å². The molecule has 1 aliphatic rings. The minimum Gasteiger partial charge on any atom is -0.331 e. The first kappa shape index (κ1) is 16.7. The number of hydrogen-bond acceptors (Lipinski definition) is 5. The lowest BCUT2D eigenvalue weighted by Crippen LogP contribution is -2.37. The van der Waals surface area contributed by atoms with Gasteiger partial charge < -0.3 is 10.6 Å². The maximum absolute atomic E-state index is 12.2. The van der Waals surface area contributed by atoms with E-state index >= 15 is 0 Å². The van der Waals surface area contributed by atoms with E-state index in [2.05, 4.69) is 36.9 Å². The highest BCUT2D eigenvalue weighted by molar-refractivity contribution is 5.74. The topological polar surface area (TPSA) is 119 Å². The van der Waals surface area contributed by atoms with E-state index in [4.69, 9.17) is 5.26 Å². The molecule has 8 heteroatoms. The number of urea groups is 1. The first-order valence-corrected chi connectivity index (χ1v) is 8.63. The predicted molar refractivity (Wildman–Crippen MR) is 97.2 cm³/mol. The van der Waals surface area contributed by atoms with E-state index in [1.807, 2.05) is 30.3 Å². The van der Waals surface area contributed by atoms with Crippen LogP contribution in [0, 0.1) is 11.3 Å². The van der Waals surface area contributed by atoms with Gasteiger partial charge in [0.15, 0.2) is 5.82 Å². The monoisotopic (exact) mass is 359 g/mol. The Morgan fingerprint density at radius 1 is 1.33 bits per heavy atom. The van der Waals surface area contributed by atoms with Crippen LogP contribution < -0.4 is 10.6 Å². The molecule has 2 heterocycles. The van der Waals surface area contributed by atoms with Crippen molar-refractivity contribution >= 4 is 6.03 Å². The van der Waals surface area contributed by atoms with Gasteiger partial charge in [-0.05, 0) is 48.2 Å². The molecular formula is C19H17N7O. The Morgan fingerprint density at radius 2 is 2.26 bits per heavy atom.